The first kappa shape index (κ1) is 17.8. The predicted molar refractivity (Wildman–Crippen MR) is 97.5 cm³/mol. The number of aliphatic carboxylic acids is 1. The van der Waals surface area contributed by atoms with Gasteiger partial charge in [-0.25, -0.2) is 9.59 Å². The second kappa shape index (κ2) is 7.81. The normalized spacial score (nSPS) is 9.80. The maximum absolute atomic E-state index is 11.1. The van der Waals surface area contributed by atoms with Crippen LogP contribution in [0.4, 0.5) is 11.4 Å². The Kier molecular flexibility index (Phi) is 5.55. The van der Waals surface area contributed by atoms with Crippen LogP contribution in [-0.4, -0.2) is 30.0 Å². The summed E-state index contributed by atoms with van der Waals surface area (Å²) in [6.07, 6.45) is -0.0335. The van der Waals surface area contributed by atoms with Crippen molar-refractivity contribution in [2.45, 2.75) is 6.42 Å². The van der Waals surface area contributed by atoms with Crippen molar-refractivity contribution < 1.29 is 14.7 Å². The van der Waals surface area contributed by atoms with E-state index in [1.54, 1.807) is 25.2 Å². The number of nitrogens with one attached hydrogen (secondary N) is 3. The van der Waals surface area contributed by atoms with Crippen molar-refractivity contribution in [3.63, 3.8) is 0 Å². The van der Waals surface area contributed by atoms with E-state index < -0.39 is 5.97 Å². The summed E-state index contributed by atoms with van der Waals surface area (Å²) in [6, 6.07) is 12.8. The average molecular weight is 338 g/mol. The Morgan fingerprint density at radius 1 is 1.28 bits per heavy atom. The third kappa shape index (κ3) is 4.25. The first-order valence-electron chi connectivity index (χ1n) is 7.44. The highest BCUT2D eigenvalue weighted by Gasteiger charge is 2.15. The Morgan fingerprint density at radius 3 is 2.60 bits per heavy atom. The molecule has 6 N–H and O–H groups in total. The molecule has 2 rings (SSSR count). The molecule has 0 bridgehead atoms. The third-order valence-corrected chi connectivity index (χ3v) is 3.60. The molecule has 0 saturated carbocycles. The Balaban J connectivity index is 2.49. The molecule has 7 nitrogen and oxygen atoms in total. The van der Waals surface area contributed by atoms with Gasteiger partial charge in [-0.1, -0.05) is 30.3 Å². The minimum absolute atomic E-state index is 0.0335. The van der Waals surface area contributed by atoms with E-state index in [0.717, 1.165) is 16.8 Å². The van der Waals surface area contributed by atoms with E-state index in [0.29, 0.717) is 11.3 Å². The number of carboxylic acids is 1. The summed E-state index contributed by atoms with van der Waals surface area (Å²) >= 11 is 0. The number of rotatable bonds is 6. The van der Waals surface area contributed by atoms with Crippen molar-refractivity contribution in [2.75, 3.05) is 17.7 Å². The number of carboxylic acid groups (broad SMARTS) is 1. The fourth-order valence-electron chi connectivity index (χ4n) is 2.55. The smallest absolute Gasteiger partial charge is 0.343 e. The molecule has 0 aliphatic carbocycles. The van der Waals surface area contributed by atoms with E-state index >= 15 is 0 Å². The maximum atomic E-state index is 11.1. The number of para-hydroxylation sites is 1. The van der Waals surface area contributed by atoms with Crippen LogP contribution >= 0.6 is 0 Å². The van der Waals surface area contributed by atoms with Crippen LogP contribution in [0.25, 0.3) is 11.1 Å². The third-order valence-electron chi connectivity index (χ3n) is 3.60. The molecule has 0 saturated heterocycles. The van der Waals surface area contributed by atoms with Gasteiger partial charge in [0.2, 0.25) is 0 Å². The molecule has 25 heavy (non-hydrogen) atoms. The van der Waals surface area contributed by atoms with E-state index in [2.05, 4.69) is 10.6 Å². The lowest BCUT2D eigenvalue weighted by Crippen LogP contribution is -2.20. The van der Waals surface area contributed by atoms with Gasteiger partial charge in [-0.2, -0.15) is 0 Å². The minimum atomic E-state index is -1.28. The van der Waals surface area contributed by atoms with Crippen LogP contribution in [0, 0.1) is 5.41 Å². The van der Waals surface area contributed by atoms with E-state index in [-0.39, 0.29) is 18.0 Å². The van der Waals surface area contributed by atoms with Crippen LogP contribution in [0.3, 0.4) is 0 Å². The van der Waals surface area contributed by atoms with Gasteiger partial charge in [0.05, 0.1) is 0 Å². The average Bonchev–Trinajstić information content (AvgIpc) is 2.58. The van der Waals surface area contributed by atoms with E-state index in [9.17, 15) is 9.59 Å². The van der Waals surface area contributed by atoms with Gasteiger partial charge in [-0.3, -0.25) is 5.41 Å². The highest BCUT2D eigenvalue weighted by atomic mass is 16.4. The fourth-order valence-corrected chi connectivity index (χ4v) is 2.55. The van der Waals surface area contributed by atoms with Crippen LogP contribution in [0.2, 0.25) is 0 Å². The number of benzene rings is 2. The lowest BCUT2D eigenvalue weighted by Gasteiger charge is -2.15. The Hall–Kier alpha value is -3.57. The van der Waals surface area contributed by atoms with E-state index in [1.807, 2.05) is 24.3 Å². The second-order valence-electron chi connectivity index (χ2n) is 5.27. The number of guanidine groups is 1. The molecule has 2 aromatic carbocycles. The summed E-state index contributed by atoms with van der Waals surface area (Å²) in [7, 11) is 1.73. The van der Waals surface area contributed by atoms with Gasteiger partial charge in [0.25, 0.3) is 0 Å². The fraction of sp³-hybridized carbons (Fsp3) is 0.111. The van der Waals surface area contributed by atoms with Crippen LogP contribution in [0.1, 0.15) is 5.56 Å². The molecule has 0 fully saturated rings. The molecule has 0 aliphatic rings. The Labute approximate surface area is 144 Å². The molecule has 0 amide bonds. The van der Waals surface area contributed by atoms with Crippen molar-refractivity contribution in [1.82, 2.24) is 0 Å². The van der Waals surface area contributed by atoms with E-state index in [4.69, 9.17) is 16.2 Å². The number of carbonyl (C=O) groups excluding carboxylic acids is 1. The number of anilines is 2. The number of nitrogens with two attached hydrogens (primary N) is 1. The largest absolute Gasteiger partial charge is 0.477 e. The topological polar surface area (TPSA) is 128 Å². The Morgan fingerprint density at radius 2 is 2.00 bits per heavy atom. The van der Waals surface area contributed by atoms with Gasteiger partial charge < -0.3 is 21.5 Å². The zero-order valence-corrected chi connectivity index (χ0v) is 13.6. The lowest BCUT2D eigenvalue weighted by atomic mass is 9.96. The predicted octanol–water partition coefficient (Wildman–Crippen LogP) is 2.09. The zero-order valence-electron chi connectivity index (χ0n) is 13.6. The van der Waals surface area contributed by atoms with Crippen molar-refractivity contribution >= 4 is 29.2 Å². The monoisotopic (exact) mass is 338 g/mol. The zero-order chi connectivity index (χ0) is 18.4. The van der Waals surface area contributed by atoms with Crippen molar-refractivity contribution in [3.05, 3.63) is 53.6 Å². The van der Waals surface area contributed by atoms with Crippen LogP contribution in [0.15, 0.2) is 48.0 Å². The molecule has 0 radical (unpaired) electrons. The molecule has 0 unspecified atom stereocenters. The Bertz CT molecular complexity index is 870. The van der Waals surface area contributed by atoms with Crippen LogP contribution in [-0.2, 0) is 16.0 Å². The summed E-state index contributed by atoms with van der Waals surface area (Å²) in [5.74, 6) is 0.0359. The molecular weight excluding hydrogens is 320 g/mol. The van der Waals surface area contributed by atoms with Gasteiger partial charge in [0.1, 0.15) is 11.5 Å². The summed E-state index contributed by atoms with van der Waals surface area (Å²) in [5.41, 5.74) is 8.77. The molecule has 0 heterocycles. The summed E-state index contributed by atoms with van der Waals surface area (Å²) in [5, 5.41) is 22.2. The molecule has 0 aliphatic heterocycles. The lowest BCUT2D eigenvalue weighted by molar-refractivity contribution is -0.132. The molecule has 0 atom stereocenters. The molecule has 0 aromatic heterocycles. The van der Waals surface area contributed by atoms with Gasteiger partial charge in [0.15, 0.2) is 5.96 Å². The van der Waals surface area contributed by atoms with Crippen LogP contribution < -0.4 is 16.4 Å². The van der Waals surface area contributed by atoms with Gasteiger partial charge in [-0.05, 0) is 23.3 Å². The summed E-state index contributed by atoms with van der Waals surface area (Å²) in [4.78, 5) is 21.9. The summed E-state index contributed by atoms with van der Waals surface area (Å²) < 4.78 is 0. The molecular formula is C18H18N4O3. The second-order valence-corrected chi connectivity index (χ2v) is 5.27. The number of carbonyl (C=O) groups is 1. The van der Waals surface area contributed by atoms with Gasteiger partial charge in [-0.15, -0.1) is 0 Å². The maximum Gasteiger partial charge on any atom is 0.343 e. The van der Waals surface area contributed by atoms with Gasteiger partial charge in [0, 0.05) is 30.4 Å². The SMILES string of the molecule is CNc1c(CC(=C=O)C(=O)O)cccc1-c1cccc(NC(=N)N)c1. The highest BCUT2D eigenvalue weighted by Crippen LogP contribution is 2.33. The quantitative estimate of drug-likeness (QED) is 0.237. The van der Waals surface area contributed by atoms with E-state index in [1.165, 1.54) is 5.94 Å². The number of hydrogen-bond donors (Lipinski definition) is 5. The first-order valence-corrected chi connectivity index (χ1v) is 7.44. The van der Waals surface area contributed by atoms with Crippen LogP contribution in [0.5, 0.6) is 0 Å². The molecule has 7 heteroatoms. The highest BCUT2D eigenvalue weighted by molar-refractivity contribution is 5.96. The van der Waals surface area contributed by atoms with Gasteiger partial charge >= 0.3 is 5.97 Å². The summed E-state index contributed by atoms with van der Waals surface area (Å²) in [6.45, 7) is 0. The molecule has 0 spiro atoms. The first-order chi connectivity index (χ1) is 12.0. The van der Waals surface area contributed by atoms with Crippen molar-refractivity contribution in [2.24, 2.45) is 5.73 Å². The molecule has 128 valence electrons. The number of hydrogen-bond acceptors (Lipinski definition) is 4. The minimum Gasteiger partial charge on any atom is -0.477 e. The van der Waals surface area contributed by atoms with Crippen molar-refractivity contribution in [3.8, 4) is 11.1 Å². The molecule has 2 aromatic rings. The standard InChI is InChI=1S/C18H18N4O3/c1-21-16-12(8-13(10-23)17(24)25)5-3-7-15(16)11-4-2-6-14(9-11)22-18(19)20/h2-7,9,21H,8H2,1H3,(H,24,25)(H4,19,20,22). The van der Waals surface area contributed by atoms with Crippen molar-refractivity contribution in [1.29, 1.82) is 5.41 Å².